The van der Waals surface area contributed by atoms with Gasteiger partial charge in [-0.1, -0.05) is 23.7 Å². The molecule has 0 amide bonds. The van der Waals surface area contributed by atoms with E-state index in [-0.39, 0.29) is 6.79 Å². The number of hydrogen-bond acceptors (Lipinski definition) is 5. The first-order valence-electron chi connectivity index (χ1n) is 8.92. The van der Waals surface area contributed by atoms with E-state index < -0.39 is 0 Å². The standard InChI is InChI=1S/C20H19ClN2O2S/c21-15-9-13(10-17-19(15)25-12-24-17)11-23-7-5-14(6-8-23)20-22-16-3-1-2-4-18(16)26-20/h1-4,9-10,14H,5-8,11-12H2. The van der Waals surface area contributed by atoms with Crippen LogP contribution in [0.3, 0.4) is 0 Å². The van der Waals surface area contributed by atoms with Crippen LogP contribution >= 0.6 is 22.9 Å². The van der Waals surface area contributed by atoms with Gasteiger partial charge in [0.1, 0.15) is 0 Å². The Morgan fingerprint density at radius 3 is 2.85 bits per heavy atom. The summed E-state index contributed by atoms with van der Waals surface area (Å²) in [7, 11) is 0. The molecule has 2 aliphatic heterocycles. The molecule has 1 aromatic heterocycles. The largest absolute Gasteiger partial charge is 0.454 e. The average Bonchev–Trinajstić information content (AvgIpc) is 3.29. The maximum absolute atomic E-state index is 6.30. The molecule has 26 heavy (non-hydrogen) atoms. The minimum atomic E-state index is 0.256. The summed E-state index contributed by atoms with van der Waals surface area (Å²) in [4.78, 5) is 7.33. The molecule has 4 nitrogen and oxygen atoms in total. The van der Waals surface area contributed by atoms with Gasteiger partial charge < -0.3 is 9.47 Å². The van der Waals surface area contributed by atoms with Gasteiger partial charge in [0.25, 0.3) is 0 Å². The quantitative estimate of drug-likeness (QED) is 0.630. The van der Waals surface area contributed by atoms with E-state index in [2.05, 4.69) is 29.2 Å². The number of nitrogens with zero attached hydrogens (tertiary/aromatic N) is 2. The van der Waals surface area contributed by atoms with Gasteiger partial charge in [-0.15, -0.1) is 11.3 Å². The van der Waals surface area contributed by atoms with Crippen LogP contribution < -0.4 is 9.47 Å². The molecule has 0 saturated carbocycles. The van der Waals surface area contributed by atoms with E-state index in [1.165, 1.54) is 15.3 Å². The van der Waals surface area contributed by atoms with E-state index in [1.54, 1.807) is 0 Å². The average molecular weight is 387 g/mol. The maximum atomic E-state index is 6.30. The van der Waals surface area contributed by atoms with E-state index in [9.17, 15) is 0 Å². The molecule has 3 aromatic rings. The summed E-state index contributed by atoms with van der Waals surface area (Å²) in [6, 6.07) is 12.5. The molecule has 0 bridgehead atoms. The molecule has 0 aliphatic carbocycles. The molecular formula is C20H19ClN2O2S. The highest BCUT2D eigenvalue weighted by Gasteiger charge is 2.24. The third-order valence-electron chi connectivity index (χ3n) is 5.14. The Kier molecular flexibility index (Phi) is 4.23. The second-order valence-corrected chi connectivity index (χ2v) is 8.35. The number of aromatic nitrogens is 1. The number of piperidine rings is 1. The van der Waals surface area contributed by atoms with Crippen LogP contribution in [0.5, 0.6) is 11.5 Å². The Labute approximate surface area is 161 Å². The SMILES string of the molecule is Clc1cc(CN2CCC(c3nc4ccccc4s3)CC2)cc2c1OCO2. The van der Waals surface area contributed by atoms with Crippen molar-refractivity contribution in [2.75, 3.05) is 19.9 Å². The number of halogens is 1. The van der Waals surface area contributed by atoms with Gasteiger partial charge in [0, 0.05) is 12.5 Å². The third kappa shape index (κ3) is 3.04. The van der Waals surface area contributed by atoms with Crippen molar-refractivity contribution in [1.82, 2.24) is 9.88 Å². The van der Waals surface area contributed by atoms with Crippen LogP contribution in [0.4, 0.5) is 0 Å². The molecule has 3 heterocycles. The molecule has 134 valence electrons. The zero-order chi connectivity index (χ0) is 17.5. The van der Waals surface area contributed by atoms with Crippen molar-refractivity contribution in [2.45, 2.75) is 25.3 Å². The van der Waals surface area contributed by atoms with Gasteiger partial charge in [-0.3, -0.25) is 4.90 Å². The summed E-state index contributed by atoms with van der Waals surface area (Å²) in [5.41, 5.74) is 2.31. The summed E-state index contributed by atoms with van der Waals surface area (Å²) >= 11 is 8.15. The summed E-state index contributed by atoms with van der Waals surface area (Å²) in [6.45, 7) is 3.30. The lowest BCUT2D eigenvalue weighted by atomic mass is 9.97. The fourth-order valence-electron chi connectivity index (χ4n) is 3.77. The Morgan fingerprint density at radius 1 is 1.15 bits per heavy atom. The monoisotopic (exact) mass is 386 g/mol. The van der Waals surface area contributed by atoms with Gasteiger partial charge >= 0.3 is 0 Å². The lowest BCUT2D eigenvalue weighted by molar-refractivity contribution is 0.173. The molecule has 0 unspecified atom stereocenters. The van der Waals surface area contributed by atoms with Crippen LogP contribution in [-0.2, 0) is 6.54 Å². The van der Waals surface area contributed by atoms with Crippen molar-refractivity contribution >= 4 is 33.2 Å². The lowest BCUT2D eigenvalue weighted by Crippen LogP contribution is -2.32. The normalized spacial score (nSPS) is 17.9. The van der Waals surface area contributed by atoms with Crippen molar-refractivity contribution in [3.8, 4) is 11.5 Å². The van der Waals surface area contributed by atoms with E-state index >= 15 is 0 Å². The molecule has 0 spiro atoms. The zero-order valence-electron chi connectivity index (χ0n) is 14.3. The second kappa shape index (κ2) is 6.72. The molecule has 5 rings (SSSR count). The summed E-state index contributed by atoms with van der Waals surface area (Å²) in [6.07, 6.45) is 2.30. The van der Waals surface area contributed by atoms with Gasteiger partial charge in [0.2, 0.25) is 6.79 Å². The Morgan fingerprint density at radius 2 is 2.00 bits per heavy atom. The fourth-order valence-corrected chi connectivity index (χ4v) is 5.20. The highest BCUT2D eigenvalue weighted by molar-refractivity contribution is 7.18. The van der Waals surface area contributed by atoms with Gasteiger partial charge in [-0.2, -0.15) is 0 Å². The Bertz CT molecular complexity index is 917. The number of fused-ring (bicyclic) bond motifs is 2. The summed E-state index contributed by atoms with van der Waals surface area (Å²) in [5.74, 6) is 2.01. The van der Waals surface area contributed by atoms with E-state index in [1.807, 2.05) is 23.5 Å². The lowest BCUT2D eigenvalue weighted by Gasteiger charge is -2.31. The van der Waals surface area contributed by atoms with Crippen LogP contribution in [-0.4, -0.2) is 29.8 Å². The van der Waals surface area contributed by atoms with Crippen LogP contribution in [0.25, 0.3) is 10.2 Å². The Balaban J connectivity index is 1.25. The second-order valence-electron chi connectivity index (χ2n) is 6.88. The smallest absolute Gasteiger partial charge is 0.231 e. The van der Waals surface area contributed by atoms with Crippen LogP contribution in [0.2, 0.25) is 5.02 Å². The minimum Gasteiger partial charge on any atom is -0.454 e. The fraction of sp³-hybridized carbons (Fsp3) is 0.350. The van der Waals surface area contributed by atoms with Gasteiger partial charge in [0.15, 0.2) is 11.5 Å². The molecular weight excluding hydrogens is 368 g/mol. The first-order valence-corrected chi connectivity index (χ1v) is 10.1. The van der Waals surface area contributed by atoms with Gasteiger partial charge in [-0.25, -0.2) is 4.98 Å². The number of rotatable bonds is 3. The third-order valence-corrected chi connectivity index (χ3v) is 6.62. The molecule has 0 radical (unpaired) electrons. The number of ether oxygens (including phenoxy) is 2. The topological polar surface area (TPSA) is 34.6 Å². The number of hydrogen-bond donors (Lipinski definition) is 0. The van der Waals surface area contributed by atoms with E-state index in [0.717, 1.165) is 43.7 Å². The van der Waals surface area contributed by atoms with Crippen molar-refractivity contribution in [3.05, 3.63) is 52.0 Å². The number of likely N-dealkylation sites (tertiary alicyclic amines) is 1. The molecule has 0 N–H and O–H groups in total. The Hall–Kier alpha value is -1.82. The van der Waals surface area contributed by atoms with Crippen molar-refractivity contribution < 1.29 is 9.47 Å². The van der Waals surface area contributed by atoms with Gasteiger partial charge in [0.05, 0.1) is 20.2 Å². The van der Waals surface area contributed by atoms with Crippen LogP contribution in [0.15, 0.2) is 36.4 Å². The van der Waals surface area contributed by atoms with Crippen LogP contribution in [0, 0.1) is 0 Å². The highest BCUT2D eigenvalue weighted by atomic mass is 35.5. The number of para-hydroxylation sites is 1. The molecule has 1 saturated heterocycles. The van der Waals surface area contributed by atoms with Gasteiger partial charge in [-0.05, 0) is 55.8 Å². The molecule has 2 aliphatic rings. The maximum Gasteiger partial charge on any atom is 0.231 e. The molecule has 0 atom stereocenters. The summed E-state index contributed by atoms with van der Waals surface area (Å²) in [5, 5.41) is 1.93. The first-order chi connectivity index (χ1) is 12.8. The molecule has 1 fully saturated rings. The van der Waals surface area contributed by atoms with E-state index in [0.29, 0.717) is 16.7 Å². The number of thiazole rings is 1. The predicted molar refractivity (Wildman–Crippen MR) is 104 cm³/mol. The van der Waals surface area contributed by atoms with Crippen molar-refractivity contribution in [1.29, 1.82) is 0 Å². The van der Waals surface area contributed by atoms with Crippen molar-refractivity contribution in [2.24, 2.45) is 0 Å². The zero-order valence-corrected chi connectivity index (χ0v) is 15.9. The molecule has 2 aromatic carbocycles. The summed E-state index contributed by atoms with van der Waals surface area (Å²) < 4.78 is 12.2. The predicted octanol–water partition coefficient (Wildman–Crippen LogP) is 5.06. The van der Waals surface area contributed by atoms with E-state index in [4.69, 9.17) is 26.1 Å². The highest BCUT2D eigenvalue weighted by Crippen LogP contribution is 2.40. The van der Waals surface area contributed by atoms with Crippen molar-refractivity contribution in [3.63, 3.8) is 0 Å². The first kappa shape index (κ1) is 16.4. The number of benzene rings is 2. The molecule has 6 heteroatoms. The minimum absolute atomic E-state index is 0.256. The van der Waals surface area contributed by atoms with Crippen LogP contribution in [0.1, 0.15) is 29.3 Å².